The molecule has 1 aromatic heterocycles. The summed E-state index contributed by atoms with van der Waals surface area (Å²) in [4.78, 5) is 0.349. The average molecular weight is 411 g/mol. The van der Waals surface area contributed by atoms with Crippen LogP contribution in [0.25, 0.3) is 11.1 Å². The van der Waals surface area contributed by atoms with Gasteiger partial charge in [-0.3, -0.25) is 8.99 Å². The van der Waals surface area contributed by atoms with Gasteiger partial charge in [-0.15, -0.1) is 0 Å². The van der Waals surface area contributed by atoms with Gasteiger partial charge in [0, 0.05) is 31.4 Å². The molecule has 0 bridgehead atoms. The lowest BCUT2D eigenvalue weighted by Crippen LogP contribution is -2.39. The van der Waals surface area contributed by atoms with E-state index in [-0.39, 0.29) is 6.04 Å². The number of sulfonamides is 1. The van der Waals surface area contributed by atoms with E-state index in [9.17, 15) is 8.42 Å². The van der Waals surface area contributed by atoms with Gasteiger partial charge in [0.15, 0.2) is 0 Å². The Hall–Kier alpha value is -2.64. The van der Waals surface area contributed by atoms with Crippen LogP contribution >= 0.6 is 0 Å². The molecule has 0 radical (unpaired) electrons. The Kier molecular flexibility index (Phi) is 4.96. The summed E-state index contributed by atoms with van der Waals surface area (Å²) < 4.78 is 30.6. The quantitative estimate of drug-likeness (QED) is 0.714. The van der Waals surface area contributed by atoms with Crippen molar-refractivity contribution >= 4 is 15.7 Å². The molecule has 29 heavy (non-hydrogen) atoms. The lowest BCUT2D eigenvalue weighted by Gasteiger charge is -2.36. The summed E-state index contributed by atoms with van der Waals surface area (Å²) >= 11 is 0. The zero-order valence-electron chi connectivity index (χ0n) is 17.2. The number of aryl methyl sites for hydroxylation is 3. The fourth-order valence-corrected chi connectivity index (χ4v) is 5.94. The molecule has 152 valence electrons. The van der Waals surface area contributed by atoms with E-state index in [4.69, 9.17) is 0 Å². The average Bonchev–Trinajstić information content (AvgIpc) is 3.13. The van der Waals surface area contributed by atoms with Crippen LogP contribution in [0.5, 0.6) is 0 Å². The minimum Gasteiger partial charge on any atom is -0.313 e. The molecule has 2 aromatic carbocycles. The third-order valence-electron chi connectivity index (χ3n) is 5.64. The van der Waals surface area contributed by atoms with Gasteiger partial charge in [-0.05, 0) is 61.7 Å². The monoisotopic (exact) mass is 410 g/mol. The first kappa shape index (κ1) is 19.7. The highest BCUT2D eigenvalue weighted by atomic mass is 32.2. The number of benzene rings is 2. The van der Waals surface area contributed by atoms with Crippen molar-refractivity contribution in [2.24, 2.45) is 7.05 Å². The zero-order chi connectivity index (χ0) is 20.8. The van der Waals surface area contributed by atoms with Gasteiger partial charge in [0.25, 0.3) is 10.0 Å². The van der Waals surface area contributed by atoms with E-state index in [0.717, 1.165) is 39.9 Å². The summed E-state index contributed by atoms with van der Waals surface area (Å²) in [7, 11) is 0.114. The summed E-state index contributed by atoms with van der Waals surface area (Å²) in [6.45, 7) is 4.28. The topological polar surface area (TPSA) is 67.2 Å². The fourth-order valence-electron chi connectivity index (χ4n) is 4.16. The molecule has 3 aromatic rings. The highest BCUT2D eigenvalue weighted by molar-refractivity contribution is 7.92. The number of aromatic nitrogens is 2. The second-order valence-electron chi connectivity index (χ2n) is 7.60. The third-order valence-corrected chi connectivity index (χ3v) is 7.60. The molecule has 1 aliphatic heterocycles. The second-order valence-corrected chi connectivity index (χ2v) is 9.43. The van der Waals surface area contributed by atoms with Crippen molar-refractivity contribution < 1.29 is 8.42 Å². The SMILES string of the molecule is CN[C@H]1CCN(S(=O)(=O)c2ccc(-c3cnn(C)c3)cc2C)c2c(C)cccc21. The van der Waals surface area contributed by atoms with E-state index in [2.05, 4.69) is 10.4 Å². The van der Waals surface area contributed by atoms with Crippen molar-refractivity contribution in [1.29, 1.82) is 0 Å². The van der Waals surface area contributed by atoms with Gasteiger partial charge in [-0.25, -0.2) is 8.42 Å². The Morgan fingerprint density at radius 2 is 1.90 bits per heavy atom. The number of para-hydroxylation sites is 1. The molecule has 0 spiro atoms. The Labute approximate surface area is 172 Å². The zero-order valence-corrected chi connectivity index (χ0v) is 18.0. The van der Waals surface area contributed by atoms with Crippen molar-refractivity contribution in [1.82, 2.24) is 15.1 Å². The minimum atomic E-state index is -3.67. The van der Waals surface area contributed by atoms with Crippen LogP contribution < -0.4 is 9.62 Å². The van der Waals surface area contributed by atoms with Gasteiger partial charge in [0.1, 0.15) is 0 Å². The molecule has 7 heteroatoms. The number of fused-ring (bicyclic) bond motifs is 1. The molecule has 0 unspecified atom stereocenters. The van der Waals surface area contributed by atoms with Crippen LogP contribution in [0.2, 0.25) is 0 Å². The number of rotatable bonds is 4. The van der Waals surface area contributed by atoms with Gasteiger partial charge < -0.3 is 5.32 Å². The summed E-state index contributed by atoms with van der Waals surface area (Å²) in [5, 5.41) is 7.51. The lowest BCUT2D eigenvalue weighted by molar-refractivity contribution is 0.527. The molecule has 1 aliphatic rings. The van der Waals surface area contributed by atoms with E-state index in [1.807, 2.05) is 64.5 Å². The lowest BCUT2D eigenvalue weighted by atomic mass is 9.95. The number of anilines is 1. The maximum absolute atomic E-state index is 13.7. The van der Waals surface area contributed by atoms with Crippen LogP contribution in [0.4, 0.5) is 5.69 Å². The normalized spacial score (nSPS) is 16.7. The van der Waals surface area contributed by atoms with Crippen LogP contribution in [0.1, 0.15) is 29.2 Å². The first-order valence-electron chi connectivity index (χ1n) is 9.72. The molecule has 2 heterocycles. The third kappa shape index (κ3) is 3.34. The molecule has 0 saturated carbocycles. The van der Waals surface area contributed by atoms with E-state index in [1.165, 1.54) is 0 Å². The van der Waals surface area contributed by atoms with Crippen molar-refractivity contribution in [3.05, 3.63) is 65.5 Å². The first-order valence-corrected chi connectivity index (χ1v) is 11.2. The summed E-state index contributed by atoms with van der Waals surface area (Å²) in [5.41, 5.74) is 5.46. The Morgan fingerprint density at radius 1 is 1.10 bits per heavy atom. The number of hydrogen-bond donors (Lipinski definition) is 1. The molecule has 6 nitrogen and oxygen atoms in total. The number of nitrogens with zero attached hydrogens (tertiary/aromatic N) is 3. The predicted molar refractivity (Wildman–Crippen MR) is 116 cm³/mol. The first-order chi connectivity index (χ1) is 13.8. The standard InChI is InChI=1S/C22H26N4O2S/c1-15-6-5-7-19-20(23-3)10-11-26(22(15)19)29(27,28)21-9-8-17(12-16(21)2)18-13-24-25(4)14-18/h5-9,12-14,20,23H,10-11H2,1-4H3/t20-/m0/s1. The van der Waals surface area contributed by atoms with Crippen molar-refractivity contribution in [2.45, 2.75) is 31.2 Å². The second kappa shape index (κ2) is 7.31. The molecule has 0 aliphatic carbocycles. The van der Waals surface area contributed by atoms with E-state index in [1.54, 1.807) is 21.3 Å². The van der Waals surface area contributed by atoms with Crippen LogP contribution in [0, 0.1) is 13.8 Å². The smallest absolute Gasteiger partial charge is 0.264 e. The van der Waals surface area contributed by atoms with Crippen molar-refractivity contribution in [3.8, 4) is 11.1 Å². The molecule has 0 fully saturated rings. The Morgan fingerprint density at radius 3 is 2.55 bits per heavy atom. The van der Waals surface area contributed by atoms with Crippen LogP contribution in [0.15, 0.2) is 53.7 Å². The molecule has 0 amide bonds. The van der Waals surface area contributed by atoms with Gasteiger partial charge in [-0.1, -0.05) is 24.3 Å². The van der Waals surface area contributed by atoms with Gasteiger partial charge in [-0.2, -0.15) is 5.10 Å². The molecular formula is C22H26N4O2S. The highest BCUT2D eigenvalue weighted by Crippen LogP contribution is 2.40. The maximum Gasteiger partial charge on any atom is 0.264 e. The van der Waals surface area contributed by atoms with Crippen LogP contribution in [-0.2, 0) is 17.1 Å². The predicted octanol–water partition coefficient (Wildman–Crippen LogP) is 3.56. The van der Waals surface area contributed by atoms with Crippen molar-refractivity contribution in [2.75, 3.05) is 17.9 Å². The fraction of sp³-hybridized carbons (Fsp3) is 0.318. The minimum absolute atomic E-state index is 0.158. The van der Waals surface area contributed by atoms with Crippen molar-refractivity contribution in [3.63, 3.8) is 0 Å². The number of nitrogens with one attached hydrogen (secondary N) is 1. The summed E-state index contributed by atoms with van der Waals surface area (Å²) in [6.07, 6.45) is 4.44. The highest BCUT2D eigenvalue weighted by Gasteiger charge is 2.34. The Balaban J connectivity index is 1.78. The van der Waals surface area contributed by atoms with Crippen LogP contribution in [0.3, 0.4) is 0 Å². The molecular weight excluding hydrogens is 384 g/mol. The summed E-state index contributed by atoms with van der Waals surface area (Å²) in [6, 6.07) is 11.6. The van der Waals surface area contributed by atoms with Crippen LogP contribution in [-0.4, -0.2) is 31.8 Å². The summed E-state index contributed by atoms with van der Waals surface area (Å²) in [5.74, 6) is 0. The number of hydrogen-bond acceptors (Lipinski definition) is 4. The molecule has 1 atom stereocenters. The van der Waals surface area contributed by atoms with E-state index in [0.29, 0.717) is 11.4 Å². The largest absolute Gasteiger partial charge is 0.313 e. The van der Waals surface area contributed by atoms with Gasteiger partial charge in [0.2, 0.25) is 0 Å². The molecule has 4 rings (SSSR count). The Bertz CT molecular complexity index is 1170. The molecule has 1 N–H and O–H groups in total. The maximum atomic E-state index is 13.7. The van der Waals surface area contributed by atoms with Gasteiger partial charge >= 0.3 is 0 Å². The van der Waals surface area contributed by atoms with E-state index >= 15 is 0 Å². The molecule has 0 saturated heterocycles. The van der Waals surface area contributed by atoms with E-state index < -0.39 is 10.0 Å². The van der Waals surface area contributed by atoms with Gasteiger partial charge in [0.05, 0.1) is 16.8 Å².